The minimum atomic E-state index is 0.488. The molecule has 1 heteroatoms. The number of ether oxygens (including phenoxy) is 1. The number of allylic oxidation sites excluding steroid dienone is 2. The predicted octanol–water partition coefficient (Wildman–Crippen LogP) is 3.94. The van der Waals surface area contributed by atoms with Crippen LogP contribution in [0.4, 0.5) is 0 Å². The van der Waals surface area contributed by atoms with Gasteiger partial charge in [-0.2, -0.15) is 0 Å². The molecule has 0 N–H and O–H groups in total. The second-order valence-electron chi connectivity index (χ2n) is 3.47. The van der Waals surface area contributed by atoms with Crippen LogP contribution in [-0.2, 0) is 4.74 Å². The van der Waals surface area contributed by atoms with Gasteiger partial charge in [-0.1, -0.05) is 31.9 Å². The first-order chi connectivity index (χ1) is 6.35. The molecule has 0 aliphatic rings. The molecule has 0 aromatic heterocycles. The molecule has 0 saturated heterocycles. The Hall–Kier alpha value is -0.300. The Morgan fingerprint density at radius 1 is 1.23 bits per heavy atom. The van der Waals surface area contributed by atoms with Gasteiger partial charge in [-0.05, 0) is 32.6 Å². The average molecular weight is 184 g/mol. The van der Waals surface area contributed by atoms with Crippen LogP contribution in [0.1, 0.15) is 52.4 Å². The van der Waals surface area contributed by atoms with Crippen LogP contribution < -0.4 is 0 Å². The molecule has 0 heterocycles. The number of unbranched alkanes of at least 4 members (excludes halogenated alkanes) is 3. The summed E-state index contributed by atoms with van der Waals surface area (Å²) in [6.45, 7) is 4.27. The lowest BCUT2D eigenvalue weighted by atomic mass is 10.1. The summed E-state index contributed by atoms with van der Waals surface area (Å²) in [4.78, 5) is 0. The Balaban J connectivity index is 3.14. The van der Waals surface area contributed by atoms with E-state index < -0.39 is 0 Å². The zero-order chi connectivity index (χ0) is 9.94. The van der Waals surface area contributed by atoms with Crippen LogP contribution in [-0.4, -0.2) is 13.2 Å². The molecular formula is C12H24O. The highest BCUT2D eigenvalue weighted by Gasteiger charge is 2.02. The molecular weight excluding hydrogens is 160 g/mol. The van der Waals surface area contributed by atoms with Crippen molar-refractivity contribution in [1.29, 1.82) is 0 Å². The van der Waals surface area contributed by atoms with Gasteiger partial charge in [0.1, 0.15) is 0 Å². The van der Waals surface area contributed by atoms with Crippen molar-refractivity contribution in [2.45, 2.75) is 58.5 Å². The second kappa shape index (κ2) is 9.79. The van der Waals surface area contributed by atoms with Crippen molar-refractivity contribution in [3.05, 3.63) is 12.2 Å². The Bertz CT molecular complexity index is 114. The number of hydrogen-bond donors (Lipinski definition) is 0. The summed E-state index contributed by atoms with van der Waals surface area (Å²) in [5.41, 5.74) is 0. The summed E-state index contributed by atoms with van der Waals surface area (Å²) in [5.74, 6) is 0. The second-order valence-corrected chi connectivity index (χ2v) is 3.47. The normalized spacial score (nSPS) is 13.8. The lowest BCUT2D eigenvalue weighted by Gasteiger charge is -2.11. The molecule has 1 nitrogen and oxygen atoms in total. The minimum absolute atomic E-state index is 0.488. The van der Waals surface area contributed by atoms with Crippen LogP contribution >= 0.6 is 0 Å². The fourth-order valence-corrected chi connectivity index (χ4v) is 1.47. The van der Waals surface area contributed by atoms with Crippen molar-refractivity contribution >= 4 is 0 Å². The summed E-state index contributed by atoms with van der Waals surface area (Å²) < 4.78 is 5.31. The summed E-state index contributed by atoms with van der Waals surface area (Å²) in [5, 5.41) is 0. The highest BCUT2D eigenvalue weighted by atomic mass is 16.5. The van der Waals surface area contributed by atoms with Gasteiger partial charge >= 0.3 is 0 Å². The third-order valence-electron chi connectivity index (χ3n) is 2.42. The molecule has 0 saturated carbocycles. The van der Waals surface area contributed by atoms with Crippen LogP contribution in [0.25, 0.3) is 0 Å². The van der Waals surface area contributed by atoms with Crippen LogP contribution in [0.15, 0.2) is 12.2 Å². The molecule has 13 heavy (non-hydrogen) atoms. The largest absolute Gasteiger partial charge is 0.381 e. The average Bonchev–Trinajstić information content (AvgIpc) is 2.17. The van der Waals surface area contributed by atoms with Crippen LogP contribution in [0, 0.1) is 0 Å². The standard InChI is InChI=1S/C12H24O/c1-4-6-7-8-9-10-11-12(5-2)13-3/h4,6,12H,5,7-11H2,1-3H3/b6-4+. The number of hydrogen-bond acceptors (Lipinski definition) is 1. The van der Waals surface area contributed by atoms with E-state index in [1.54, 1.807) is 0 Å². The quantitative estimate of drug-likeness (QED) is 0.410. The Kier molecular flexibility index (Phi) is 9.56. The molecule has 1 unspecified atom stereocenters. The van der Waals surface area contributed by atoms with Crippen molar-refractivity contribution in [2.75, 3.05) is 7.11 Å². The first kappa shape index (κ1) is 12.7. The van der Waals surface area contributed by atoms with Gasteiger partial charge < -0.3 is 4.74 Å². The smallest absolute Gasteiger partial charge is 0.0568 e. The predicted molar refractivity (Wildman–Crippen MR) is 59.0 cm³/mol. The minimum Gasteiger partial charge on any atom is -0.381 e. The number of methoxy groups -OCH3 is 1. The molecule has 0 radical (unpaired) electrons. The van der Waals surface area contributed by atoms with E-state index in [9.17, 15) is 0 Å². The fourth-order valence-electron chi connectivity index (χ4n) is 1.47. The summed E-state index contributed by atoms with van der Waals surface area (Å²) in [6.07, 6.45) is 12.4. The lowest BCUT2D eigenvalue weighted by Crippen LogP contribution is -2.07. The summed E-state index contributed by atoms with van der Waals surface area (Å²) in [7, 11) is 1.81. The lowest BCUT2D eigenvalue weighted by molar-refractivity contribution is 0.0898. The highest BCUT2D eigenvalue weighted by molar-refractivity contribution is 4.76. The van der Waals surface area contributed by atoms with Crippen LogP contribution in [0.3, 0.4) is 0 Å². The van der Waals surface area contributed by atoms with E-state index in [-0.39, 0.29) is 0 Å². The molecule has 1 atom stereocenters. The Morgan fingerprint density at radius 2 is 2.00 bits per heavy atom. The topological polar surface area (TPSA) is 9.23 Å². The van der Waals surface area contributed by atoms with Gasteiger partial charge in [0.25, 0.3) is 0 Å². The third kappa shape index (κ3) is 8.04. The van der Waals surface area contributed by atoms with Crippen molar-refractivity contribution in [2.24, 2.45) is 0 Å². The number of rotatable bonds is 8. The van der Waals surface area contributed by atoms with Crippen LogP contribution in [0.2, 0.25) is 0 Å². The van der Waals surface area contributed by atoms with E-state index in [1.165, 1.54) is 32.1 Å². The molecule has 0 bridgehead atoms. The van der Waals surface area contributed by atoms with E-state index in [0.717, 1.165) is 6.42 Å². The highest BCUT2D eigenvalue weighted by Crippen LogP contribution is 2.10. The first-order valence-corrected chi connectivity index (χ1v) is 5.49. The maximum atomic E-state index is 5.31. The van der Waals surface area contributed by atoms with Crippen molar-refractivity contribution in [1.82, 2.24) is 0 Å². The summed E-state index contributed by atoms with van der Waals surface area (Å²) >= 11 is 0. The fraction of sp³-hybridized carbons (Fsp3) is 0.833. The van der Waals surface area contributed by atoms with Crippen LogP contribution in [0.5, 0.6) is 0 Å². The van der Waals surface area contributed by atoms with Gasteiger partial charge in [0.05, 0.1) is 6.10 Å². The third-order valence-corrected chi connectivity index (χ3v) is 2.42. The van der Waals surface area contributed by atoms with E-state index in [0.29, 0.717) is 6.10 Å². The van der Waals surface area contributed by atoms with E-state index in [2.05, 4.69) is 26.0 Å². The van der Waals surface area contributed by atoms with Gasteiger partial charge in [-0.25, -0.2) is 0 Å². The monoisotopic (exact) mass is 184 g/mol. The van der Waals surface area contributed by atoms with E-state index in [4.69, 9.17) is 4.74 Å². The maximum absolute atomic E-state index is 5.31. The SMILES string of the molecule is C/C=C/CCCCCC(CC)OC. The van der Waals surface area contributed by atoms with Crippen molar-refractivity contribution in [3.63, 3.8) is 0 Å². The van der Waals surface area contributed by atoms with Gasteiger partial charge in [0.15, 0.2) is 0 Å². The molecule has 0 aromatic carbocycles. The van der Waals surface area contributed by atoms with E-state index in [1.807, 2.05) is 7.11 Å². The molecule has 0 aliphatic heterocycles. The van der Waals surface area contributed by atoms with Gasteiger partial charge in [-0.3, -0.25) is 0 Å². The molecule has 0 amide bonds. The maximum Gasteiger partial charge on any atom is 0.0568 e. The first-order valence-electron chi connectivity index (χ1n) is 5.49. The molecule has 0 spiro atoms. The molecule has 78 valence electrons. The molecule has 0 aliphatic carbocycles. The van der Waals surface area contributed by atoms with Crippen molar-refractivity contribution < 1.29 is 4.74 Å². The van der Waals surface area contributed by atoms with E-state index >= 15 is 0 Å². The summed E-state index contributed by atoms with van der Waals surface area (Å²) in [6, 6.07) is 0. The zero-order valence-corrected chi connectivity index (χ0v) is 9.38. The Labute approximate surface area is 83.2 Å². The van der Waals surface area contributed by atoms with Gasteiger partial charge in [0, 0.05) is 7.11 Å². The molecule has 0 aromatic rings. The van der Waals surface area contributed by atoms with Gasteiger partial charge in [0.2, 0.25) is 0 Å². The van der Waals surface area contributed by atoms with Crippen molar-refractivity contribution in [3.8, 4) is 0 Å². The Morgan fingerprint density at radius 3 is 2.54 bits per heavy atom. The van der Waals surface area contributed by atoms with Gasteiger partial charge in [-0.15, -0.1) is 0 Å². The zero-order valence-electron chi connectivity index (χ0n) is 9.38. The molecule has 0 rings (SSSR count). The molecule has 0 fully saturated rings.